The minimum Gasteiger partial charge on any atom is -0.321 e. The highest BCUT2D eigenvalue weighted by molar-refractivity contribution is 9.10. The number of anilines is 1. The number of carbonyl (C=O) groups is 1. The Balaban J connectivity index is 2.07. The average Bonchev–Trinajstić information content (AvgIpc) is 2.68. The summed E-state index contributed by atoms with van der Waals surface area (Å²) in [6.45, 7) is 3.16. The summed E-state index contributed by atoms with van der Waals surface area (Å²) in [7, 11) is 1.90. The van der Waals surface area contributed by atoms with Gasteiger partial charge in [-0.15, -0.1) is 0 Å². The van der Waals surface area contributed by atoms with E-state index < -0.39 is 0 Å². The van der Waals surface area contributed by atoms with Crippen molar-refractivity contribution < 1.29 is 4.79 Å². The van der Waals surface area contributed by atoms with Crippen molar-refractivity contribution in [3.05, 3.63) is 28.7 Å². The monoisotopic (exact) mass is 297 g/mol. The summed E-state index contributed by atoms with van der Waals surface area (Å²) in [4.78, 5) is 15.8. The lowest BCUT2D eigenvalue weighted by Crippen LogP contribution is -2.35. The minimum absolute atomic E-state index is 0.0957. The summed E-state index contributed by atoms with van der Waals surface area (Å²) in [6, 6.07) is 7.94. The molecule has 17 heavy (non-hydrogen) atoms. The van der Waals surface area contributed by atoms with E-state index in [1.807, 2.05) is 41.1 Å². The van der Waals surface area contributed by atoms with E-state index in [1.165, 1.54) is 0 Å². The lowest BCUT2D eigenvalue weighted by atomic mass is 10.3. The molecule has 1 heterocycles. The van der Waals surface area contributed by atoms with E-state index in [9.17, 15) is 4.79 Å². The van der Waals surface area contributed by atoms with Gasteiger partial charge in [-0.2, -0.15) is 0 Å². The van der Waals surface area contributed by atoms with E-state index in [4.69, 9.17) is 0 Å². The van der Waals surface area contributed by atoms with Crippen molar-refractivity contribution in [3.8, 4) is 0 Å². The number of nitrogens with one attached hydrogen (secondary N) is 1. The highest BCUT2D eigenvalue weighted by Crippen LogP contribution is 2.23. The SMILES string of the molecule is CNCCN1CCN(c2cccc(Br)c2)C1=O. The van der Waals surface area contributed by atoms with Crippen LogP contribution in [0.1, 0.15) is 0 Å². The molecule has 0 bridgehead atoms. The fourth-order valence-corrected chi connectivity index (χ4v) is 2.31. The van der Waals surface area contributed by atoms with Crippen LogP contribution in [0.2, 0.25) is 0 Å². The smallest absolute Gasteiger partial charge is 0.321 e. The predicted molar refractivity (Wildman–Crippen MR) is 72.4 cm³/mol. The van der Waals surface area contributed by atoms with E-state index in [-0.39, 0.29) is 6.03 Å². The number of amides is 2. The number of urea groups is 1. The number of halogens is 1. The van der Waals surface area contributed by atoms with Crippen LogP contribution in [0.5, 0.6) is 0 Å². The molecule has 0 radical (unpaired) electrons. The lowest BCUT2D eigenvalue weighted by molar-refractivity contribution is 0.221. The maximum absolute atomic E-state index is 12.1. The lowest BCUT2D eigenvalue weighted by Gasteiger charge is -2.18. The molecular formula is C12H16BrN3O. The second kappa shape index (κ2) is 5.51. The molecule has 0 saturated carbocycles. The molecule has 0 atom stereocenters. The summed E-state index contributed by atoms with van der Waals surface area (Å²) < 4.78 is 0.997. The summed E-state index contributed by atoms with van der Waals surface area (Å²) in [5, 5.41) is 3.06. The van der Waals surface area contributed by atoms with Crippen LogP contribution in [0.3, 0.4) is 0 Å². The van der Waals surface area contributed by atoms with Gasteiger partial charge in [0.2, 0.25) is 0 Å². The van der Waals surface area contributed by atoms with Crippen LogP contribution in [0.4, 0.5) is 10.5 Å². The third kappa shape index (κ3) is 2.79. The van der Waals surface area contributed by atoms with E-state index in [0.29, 0.717) is 0 Å². The Morgan fingerprint density at radius 2 is 2.24 bits per heavy atom. The average molecular weight is 298 g/mol. The molecule has 0 aliphatic carbocycles. The second-order valence-corrected chi connectivity index (χ2v) is 4.92. The van der Waals surface area contributed by atoms with Crippen molar-refractivity contribution in [3.63, 3.8) is 0 Å². The van der Waals surface area contributed by atoms with E-state index in [1.54, 1.807) is 0 Å². The minimum atomic E-state index is 0.0957. The molecule has 0 spiro atoms. The van der Waals surface area contributed by atoms with Gasteiger partial charge in [0, 0.05) is 36.3 Å². The molecule has 1 aliphatic heterocycles. The van der Waals surface area contributed by atoms with Gasteiger partial charge in [0.05, 0.1) is 0 Å². The van der Waals surface area contributed by atoms with Gasteiger partial charge >= 0.3 is 6.03 Å². The van der Waals surface area contributed by atoms with Crippen LogP contribution in [-0.4, -0.2) is 44.2 Å². The van der Waals surface area contributed by atoms with Crippen molar-refractivity contribution in [1.29, 1.82) is 0 Å². The number of hydrogen-bond donors (Lipinski definition) is 1. The van der Waals surface area contributed by atoms with Crippen LogP contribution in [-0.2, 0) is 0 Å². The van der Waals surface area contributed by atoms with Gasteiger partial charge in [0.25, 0.3) is 0 Å². The predicted octanol–water partition coefficient (Wildman–Crippen LogP) is 1.91. The van der Waals surface area contributed by atoms with Crippen LogP contribution in [0.15, 0.2) is 28.7 Å². The van der Waals surface area contributed by atoms with Gasteiger partial charge in [-0.25, -0.2) is 4.79 Å². The maximum Gasteiger partial charge on any atom is 0.324 e. The first-order valence-corrected chi connectivity index (χ1v) is 6.48. The molecule has 1 fully saturated rings. The Morgan fingerprint density at radius 3 is 2.94 bits per heavy atom. The first kappa shape index (κ1) is 12.4. The molecule has 1 aromatic carbocycles. The molecule has 4 nitrogen and oxygen atoms in total. The molecule has 92 valence electrons. The molecule has 1 aromatic rings. The number of carbonyl (C=O) groups excluding carboxylic acids is 1. The number of benzene rings is 1. The molecule has 0 aromatic heterocycles. The zero-order valence-corrected chi connectivity index (χ0v) is 11.4. The van der Waals surface area contributed by atoms with E-state index in [2.05, 4.69) is 21.2 Å². The van der Waals surface area contributed by atoms with Gasteiger partial charge in [-0.05, 0) is 25.2 Å². The van der Waals surface area contributed by atoms with E-state index in [0.717, 1.165) is 36.3 Å². The molecule has 1 saturated heterocycles. The second-order valence-electron chi connectivity index (χ2n) is 4.00. The summed E-state index contributed by atoms with van der Waals surface area (Å²) >= 11 is 3.42. The number of hydrogen-bond acceptors (Lipinski definition) is 2. The molecular weight excluding hydrogens is 282 g/mol. The van der Waals surface area contributed by atoms with Crippen LogP contribution < -0.4 is 10.2 Å². The first-order valence-electron chi connectivity index (χ1n) is 5.69. The highest BCUT2D eigenvalue weighted by atomic mass is 79.9. The number of nitrogens with zero attached hydrogens (tertiary/aromatic N) is 2. The quantitative estimate of drug-likeness (QED) is 0.921. The molecule has 1 N–H and O–H groups in total. The molecule has 2 rings (SSSR count). The van der Waals surface area contributed by atoms with E-state index >= 15 is 0 Å². The number of likely N-dealkylation sites (N-methyl/N-ethyl adjacent to an activating group) is 1. The summed E-state index contributed by atoms with van der Waals surface area (Å²) in [6.07, 6.45) is 0. The topological polar surface area (TPSA) is 35.6 Å². The molecule has 2 amide bonds. The summed E-state index contributed by atoms with van der Waals surface area (Å²) in [5.74, 6) is 0. The Bertz CT molecular complexity index is 410. The Hall–Kier alpha value is -1.07. The maximum atomic E-state index is 12.1. The zero-order chi connectivity index (χ0) is 12.3. The van der Waals surface area contributed by atoms with Crippen LogP contribution in [0, 0.1) is 0 Å². The van der Waals surface area contributed by atoms with Gasteiger partial charge < -0.3 is 10.2 Å². The van der Waals surface area contributed by atoms with Gasteiger partial charge in [-0.1, -0.05) is 22.0 Å². The largest absolute Gasteiger partial charge is 0.324 e. The van der Waals surface area contributed by atoms with Gasteiger partial charge in [0.15, 0.2) is 0 Å². The standard InChI is InChI=1S/C12H16BrN3O/c1-14-5-6-15-7-8-16(12(15)17)11-4-2-3-10(13)9-11/h2-4,9,14H,5-8H2,1H3. The van der Waals surface area contributed by atoms with Crippen molar-refractivity contribution >= 4 is 27.6 Å². The normalized spacial score (nSPS) is 15.8. The Morgan fingerprint density at radius 1 is 1.41 bits per heavy atom. The Labute approximate surface area is 110 Å². The summed E-state index contributed by atoms with van der Waals surface area (Å²) in [5.41, 5.74) is 0.955. The number of rotatable bonds is 4. The third-order valence-corrected chi connectivity index (χ3v) is 3.34. The van der Waals surface area contributed by atoms with Crippen molar-refractivity contribution in [1.82, 2.24) is 10.2 Å². The van der Waals surface area contributed by atoms with Crippen LogP contribution in [0.25, 0.3) is 0 Å². The molecule has 1 aliphatic rings. The van der Waals surface area contributed by atoms with Crippen molar-refractivity contribution in [2.45, 2.75) is 0 Å². The highest BCUT2D eigenvalue weighted by Gasteiger charge is 2.28. The van der Waals surface area contributed by atoms with Crippen molar-refractivity contribution in [2.75, 3.05) is 38.1 Å². The fourth-order valence-electron chi connectivity index (χ4n) is 1.92. The zero-order valence-electron chi connectivity index (χ0n) is 9.82. The molecule has 0 unspecified atom stereocenters. The Kier molecular flexibility index (Phi) is 4.02. The first-order chi connectivity index (χ1) is 8.22. The third-order valence-electron chi connectivity index (χ3n) is 2.85. The molecule has 5 heteroatoms. The van der Waals surface area contributed by atoms with Crippen molar-refractivity contribution in [2.24, 2.45) is 0 Å². The van der Waals surface area contributed by atoms with Gasteiger partial charge in [-0.3, -0.25) is 4.90 Å². The van der Waals surface area contributed by atoms with Gasteiger partial charge in [0.1, 0.15) is 0 Å². The van der Waals surface area contributed by atoms with Crippen LogP contribution >= 0.6 is 15.9 Å². The fraction of sp³-hybridized carbons (Fsp3) is 0.417.